The van der Waals surface area contributed by atoms with Gasteiger partial charge in [0.1, 0.15) is 6.29 Å². The lowest BCUT2D eigenvalue weighted by molar-refractivity contribution is -0.109. The summed E-state index contributed by atoms with van der Waals surface area (Å²) in [5, 5.41) is 11.0. The molecule has 0 spiro atoms. The smallest absolute Gasteiger partial charge is 0.404 e. The summed E-state index contributed by atoms with van der Waals surface area (Å²) in [6.45, 7) is 0.301. The van der Waals surface area contributed by atoms with E-state index in [2.05, 4.69) is 5.32 Å². The molecule has 1 saturated carbocycles. The molecule has 4 nitrogen and oxygen atoms in total. The third-order valence-corrected chi connectivity index (χ3v) is 3.20. The lowest BCUT2D eigenvalue weighted by Crippen LogP contribution is -2.32. The third kappa shape index (κ3) is 1.78. The molecule has 1 aliphatic carbocycles. The minimum atomic E-state index is -1.05. The highest BCUT2D eigenvalue weighted by atomic mass is 16.4. The number of rotatable bonds is 4. The van der Waals surface area contributed by atoms with E-state index in [0.29, 0.717) is 6.54 Å². The zero-order valence-corrected chi connectivity index (χ0v) is 8.72. The van der Waals surface area contributed by atoms with E-state index in [9.17, 15) is 9.59 Å². The molecule has 4 heteroatoms. The Balaban J connectivity index is 2.18. The van der Waals surface area contributed by atoms with E-state index in [1.165, 1.54) is 0 Å². The van der Waals surface area contributed by atoms with Gasteiger partial charge in [0.25, 0.3) is 0 Å². The van der Waals surface area contributed by atoms with Gasteiger partial charge >= 0.3 is 6.09 Å². The predicted molar refractivity (Wildman–Crippen MR) is 58.3 cm³/mol. The summed E-state index contributed by atoms with van der Waals surface area (Å²) in [5.74, 6) is -0.0678. The van der Waals surface area contributed by atoms with Crippen LogP contribution in [0.15, 0.2) is 30.3 Å². The molecule has 0 bridgehead atoms. The van der Waals surface area contributed by atoms with Gasteiger partial charge in [-0.15, -0.1) is 0 Å². The van der Waals surface area contributed by atoms with Gasteiger partial charge in [0.05, 0.1) is 0 Å². The van der Waals surface area contributed by atoms with Crippen LogP contribution < -0.4 is 5.32 Å². The first-order chi connectivity index (χ1) is 7.69. The highest BCUT2D eigenvalue weighted by Gasteiger charge is 2.55. The Morgan fingerprint density at radius 1 is 1.50 bits per heavy atom. The molecule has 16 heavy (non-hydrogen) atoms. The molecule has 2 rings (SSSR count). The van der Waals surface area contributed by atoms with Crippen molar-refractivity contribution in [1.29, 1.82) is 0 Å². The maximum Gasteiger partial charge on any atom is 0.404 e. The molecule has 2 atom stereocenters. The topological polar surface area (TPSA) is 66.4 Å². The summed E-state index contributed by atoms with van der Waals surface area (Å²) in [4.78, 5) is 21.3. The molecular formula is C12H13NO3. The lowest BCUT2D eigenvalue weighted by atomic mass is 9.93. The van der Waals surface area contributed by atoms with Crippen molar-refractivity contribution in [3.63, 3.8) is 0 Å². The minimum absolute atomic E-state index is 0.0678. The van der Waals surface area contributed by atoms with Gasteiger partial charge in [0.2, 0.25) is 0 Å². The van der Waals surface area contributed by atoms with Gasteiger partial charge in [0.15, 0.2) is 0 Å². The van der Waals surface area contributed by atoms with Crippen molar-refractivity contribution in [2.75, 3.05) is 6.54 Å². The largest absolute Gasteiger partial charge is 0.465 e. The second-order valence-corrected chi connectivity index (χ2v) is 4.13. The number of nitrogens with one attached hydrogen (secondary N) is 1. The molecule has 84 valence electrons. The Bertz CT molecular complexity index is 404. The second-order valence-electron chi connectivity index (χ2n) is 4.13. The Morgan fingerprint density at radius 2 is 2.19 bits per heavy atom. The van der Waals surface area contributed by atoms with Crippen molar-refractivity contribution in [3.8, 4) is 0 Å². The summed E-state index contributed by atoms with van der Waals surface area (Å²) in [6.07, 6.45) is 0.587. The molecule has 1 amide bonds. The average molecular weight is 219 g/mol. The Hall–Kier alpha value is -1.84. The third-order valence-electron chi connectivity index (χ3n) is 3.20. The van der Waals surface area contributed by atoms with Crippen LogP contribution in [0.5, 0.6) is 0 Å². The summed E-state index contributed by atoms with van der Waals surface area (Å²) < 4.78 is 0. The minimum Gasteiger partial charge on any atom is -0.465 e. The number of carbonyl (C=O) groups is 2. The number of aldehydes is 1. The van der Waals surface area contributed by atoms with E-state index >= 15 is 0 Å². The molecule has 0 saturated heterocycles. The van der Waals surface area contributed by atoms with E-state index in [1.54, 1.807) is 0 Å². The van der Waals surface area contributed by atoms with Crippen LogP contribution in [0.2, 0.25) is 0 Å². The predicted octanol–water partition coefficient (Wildman–Crippen LogP) is 1.41. The number of carbonyl (C=O) groups excluding carboxylic acids is 1. The number of hydrogen-bond donors (Lipinski definition) is 2. The van der Waals surface area contributed by atoms with E-state index in [0.717, 1.165) is 18.3 Å². The highest BCUT2D eigenvalue weighted by Crippen LogP contribution is 2.52. The van der Waals surface area contributed by atoms with Gasteiger partial charge < -0.3 is 15.2 Å². The fourth-order valence-electron chi connectivity index (χ4n) is 2.15. The molecular weight excluding hydrogens is 206 g/mol. The maximum absolute atomic E-state index is 10.8. The molecule has 0 aromatic heterocycles. The zero-order chi connectivity index (χ0) is 11.6. The van der Waals surface area contributed by atoms with Crippen molar-refractivity contribution in [2.45, 2.75) is 11.8 Å². The van der Waals surface area contributed by atoms with Gasteiger partial charge in [-0.1, -0.05) is 30.3 Å². The monoisotopic (exact) mass is 219 g/mol. The fourth-order valence-corrected chi connectivity index (χ4v) is 2.15. The van der Waals surface area contributed by atoms with Crippen molar-refractivity contribution >= 4 is 12.4 Å². The number of benzene rings is 1. The van der Waals surface area contributed by atoms with E-state index in [4.69, 9.17) is 5.11 Å². The second kappa shape index (κ2) is 3.96. The fraction of sp³-hybridized carbons (Fsp3) is 0.333. The van der Waals surface area contributed by atoms with Gasteiger partial charge in [-0.3, -0.25) is 0 Å². The SMILES string of the molecule is O=C[C@@H]1C[C@]1(CNC(=O)O)c1ccccc1. The molecule has 0 radical (unpaired) electrons. The molecule has 0 heterocycles. The van der Waals surface area contributed by atoms with Crippen LogP contribution in [0, 0.1) is 5.92 Å². The van der Waals surface area contributed by atoms with Crippen molar-refractivity contribution in [2.24, 2.45) is 5.92 Å². The van der Waals surface area contributed by atoms with Gasteiger partial charge in [-0.25, -0.2) is 4.79 Å². The first-order valence-corrected chi connectivity index (χ1v) is 5.17. The molecule has 0 unspecified atom stereocenters. The standard InChI is InChI=1S/C12H13NO3/c14-7-10-6-12(10,8-13-11(15)16)9-4-2-1-3-5-9/h1-5,7,10,13H,6,8H2,(H,15,16)/t10-,12-/m0/s1. The number of hydrogen-bond acceptors (Lipinski definition) is 2. The van der Waals surface area contributed by atoms with Crippen molar-refractivity contribution in [3.05, 3.63) is 35.9 Å². The van der Waals surface area contributed by atoms with Gasteiger partial charge in [-0.05, 0) is 12.0 Å². The average Bonchev–Trinajstić information content (AvgIpc) is 3.03. The summed E-state index contributed by atoms with van der Waals surface area (Å²) in [7, 11) is 0. The quantitative estimate of drug-likeness (QED) is 0.752. The Kier molecular flexibility index (Phi) is 2.64. The molecule has 1 aliphatic rings. The van der Waals surface area contributed by atoms with Crippen molar-refractivity contribution in [1.82, 2.24) is 5.32 Å². The summed E-state index contributed by atoms with van der Waals surface area (Å²) in [6, 6.07) is 9.58. The highest BCUT2D eigenvalue weighted by molar-refractivity contribution is 5.68. The van der Waals surface area contributed by atoms with Crippen LogP contribution in [0.4, 0.5) is 4.79 Å². The first kappa shape index (κ1) is 10.7. The van der Waals surface area contributed by atoms with Crippen LogP contribution in [0.1, 0.15) is 12.0 Å². The van der Waals surface area contributed by atoms with Crippen LogP contribution in [-0.2, 0) is 10.2 Å². The normalized spacial score (nSPS) is 27.1. The Labute approximate surface area is 93.3 Å². The maximum atomic E-state index is 10.8. The zero-order valence-electron chi connectivity index (χ0n) is 8.72. The van der Waals surface area contributed by atoms with E-state index in [1.807, 2.05) is 30.3 Å². The summed E-state index contributed by atoms with van der Waals surface area (Å²) >= 11 is 0. The van der Waals surface area contributed by atoms with Gasteiger partial charge in [0, 0.05) is 17.9 Å². The van der Waals surface area contributed by atoms with Crippen LogP contribution >= 0.6 is 0 Å². The van der Waals surface area contributed by atoms with Crippen LogP contribution in [0.25, 0.3) is 0 Å². The number of carboxylic acid groups (broad SMARTS) is 1. The lowest BCUT2D eigenvalue weighted by Gasteiger charge is -2.16. The van der Waals surface area contributed by atoms with Gasteiger partial charge in [-0.2, -0.15) is 0 Å². The van der Waals surface area contributed by atoms with Crippen LogP contribution in [0.3, 0.4) is 0 Å². The van der Waals surface area contributed by atoms with E-state index < -0.39 is 6.09 Å². The number of amides is 1. The molecule has 1 fully saturated rings. The van der Waals surface area contributed by atoms with E-state index in [-0.39, 0.29) is 11.3 Å². The molecule has 0 aliphatic heterocycles. The van der Waals surface area contributed by atoms with Crippen LogP contribution in [-0.4, -0.2) is 24.0 Å². The molecule has 2 N–H and O–H groups in total. The first-order valence-electron chi connectivity index (χ1n) is 5.17. The van der Waals surface area contributed by atoms with Crippen molar-refractivity contribution < 1.29 is 14.7 Å². The molecule has 1 aromatic carbocycles. The molecule has 1 aromatic rings. The Morgan fingerprint density at radius 3 is 2.69 bits per heavy atom. The summed E-state index contributed by atoms with van der Waals surface area (Å²) in [5.41, 5.74) is 0.711.